The molecule has 10 nitrogen and oxygen atoms in total. The SMILES string of the molecule is COC(=O)c1nc(Cn2nc(-c3ccc(Cl)cc3)n(CC(O)C(F)(F)F)c2=O)nn1-c1ccccc1SC. The fraction of sp³-hybridized carbons (Fsp3) is 0.261. The molecule has 0 saturated carbocycles. The van der Waals surface area contributed by atoms with Crippen molar-refractivity contribution in [3.05, 3.63) is 75.7 Å². The van der Waals surface area contributed by atoms with Crippen molar-refractivity contribution in [2.45, 2.75) is 30.3 Å². The van der Waals surface area contributed by atoms with Gasteiger partial charge in [-0.1, -0.05) is 23.7 Å². The van der Waals surface area contributed by atoms with E-state index in [0.29, 0.717) is 20.8 Å². The molecule has 38 heavy (non-hydrogen) atoms. The zero-order valence-corrected chi connectivity index (χ0v) is 21.5. The van der Waals surface area contributed by atoms with Crippen LogP contribution in [-0.4, -0.2) is 65.8 Å². The van der Waals surface area contributed by atoms with Crippen LogP contribution in [0.2, 0.25) is 5.02 Å². The smallest absolute Gasteiger partial charge is 0.416 e. The van der Waals surface area contributed by atoms with Gasteiger partial charge in [0.1, 0.15) is 6.54 Å². The van der Waals surface area contributed by atoms with Crippen LogP contribution in [0.1, 0.15) is 16.4 Å². The summed E-state index contributed by atoms with van der Waals surface area (Å²) in [6.45, 7) is -1.47. The van der Waals surface area contributed by atoms with Gasteiger partial charge in [0.15, 0.2) is 17.8 Å². The molecule has 0 aliphatic heterocycles. The Hall–Kier alpha value is -3.62. The normalized spacial score (nSPS) is 12.5. The highest BCUT2D eigenvalue weighted by molar-refractivity contribution is 7.98. The topological polar surface area (TPSA) is 117 Å². The van der Waals surface area contributed by atoms with Crippen molar-refractivity contribution in [3.63, 3.8) is 0 Å². The predicted molar refractivity (Wildman–Crippen MR) is 133 cm³/mol. The van der Waals surface area contributed by atoms with Crippen LogP contribution in [0.25, 0.3) is 17.1 Å². The van der Waals surface area contributed by atoms with Crippen molar-refractivity contribution < 1.29 is 27.8 Å². The summed E-state index contributed by atoms with van der Waals surface area (Å²) in [6.07, 6.45) is -5.93. The third-order valence-corrected chi connectivity index (χ3v) is 6.42. The van der Waals surface area contributed by atoms with E-state index in [9.17, 15) is 27.9 Å². The van der Waals surface area contributed by atoms with Crippen LogP contribution in [0, 0.1) is 0 Å². The van der Waals surface area contributed by atoms with E-state index < -0.39 is 30.5 Å². The highest BCUT2D eigenvalue weighted by Crippen LogP contribution is 2.26. The van der Waals surface area contributed by atoms with Crippen molar-refractivity contribution in [3.8, 4) is 17.1 Å². The first-order valence-electron chi connectivity index (χ1n) is 10.9. The number of methoxy groups -OCH3 is 1. The molecule has 0 aliphatic rings. The number of aliphatic hydroxyl groups excluding tert-OH is 1. The molecule has 0 aliphatic carbocycles. The Kier molecular flexibility index (Phi) is 7.94. The van der Waals surface area contributed by atoms with Crippen LogP contribution in [0.15, 0.2) is 58.2 Å². The van der Waals surface area contributed by atoms with Crippen LogP contribution in [-0.2, 0) is 17.8 Å². The van der Waals surface area contributed by atoms with Crippen LogP contribution in [0.4, 0.5) is 13.2 Å². The molecule has 1 atom stereocenters. The van der Waals surface area contributed by atoms with E-state index in [2.05, 4.69) is 15.2 Å². The molecule has 0 radical (unpaired) electrons. The lowest BCUT2D eigenvalue weighted by molar-refractivity contribution is -0.207. The third-order valence-electron chi connectivity index (χ3n) is 5.38. The maximum atomic E-state index is 13.2. The van der Waals surface area contributed by atoms with Gasteiger partial charge in [-0.25, -0.2) is 23.9 Å². The van der Waals surface area contributed by atoms with E-state index in [-0.39, 0.29) is 24.0 Å². The molecule has 1 N–H and O–H groups in total. The van der Waals surface area contributed by atoms with E-state index in [1.165, 1.54) is 47.8 Å². The van der Waals surface area contributed by atoms with Gasteiger partial charge >= 0.3 is 17.8 Å². The fourth-order valence-corrected chi connectivity index (χ4v) is 4.25. The molecule has 15 heteroatoms. The fourth-order valence-electron chi connectivity index (χ4n) is 3.55. The van der Waals surface area contributed by atoms with E-state index in [1.807, 2.05) is 18.4 Å². The van der Waals surface area contributed by atoms with Crippen molar-refractivity contribution in [2.24, 2.45) is 0 Å². The molecule has 200 valence electrons. The van der Waals surface area contributed by atoms with E-state index >= 15 is 0 Å². The zero-order chi connectivity index (χ0) is 27.6. The number of thioether (sulfide) groups is 1. The van der Waals surface area contributed by atoms with Crippen LogP contribution >= 0.6 is 23.4 Å². The average Bonchev–Trinajstić information content (AvgIpc) is 3.45. The standard InChI is InChI=1S/C23H20ClF3N6O4S/c1-37-21(35)20-28-18(29-33(20)15-5-3-4-6-16(15)38-2)12-32-22(36)31(11-17(34)23(25,26)27)19(30-32)13-7-9-14(24)10-8-13/h3-10,17,34H,11-12H2,1-2H3. The van der Waals surface area contributed by atoms with Crippen LogP contribution in [0.3, 0.4) is 0 Å². The van der Waals surface area contributed by atoms with Crippen molar-refractivity contribution in [1.29, 1.82) is 0 Å². The van der Waals surface area contributed by atoms with E-state index in [4.69, 9.17) is 16.3 Å². The Morgan fingerprint density at radius 2 is 1.84 bits per heavy atom. The maximum absolute atomic E-state index is 13.2. The maximum Gasteiger partial charge on any atom is 0.416 e. The van der Waals surface area contributed by atoms with Crippen molar-refractivity contribution in [2.75, 3.05) is 13.4 Å². The first-order chi connectivity index (χ1) is 18.0. The largest absolute Gasteiger partial charge is 0.463 e. The van der Waals surface area contributed by atoms with E-state index in [1.54, 1.807) is 12.1 Å². The van der Waals surface area contributed by atoms with Gasteiger partial charge in [0.2, 0.25) is 5.82 Å². The molecule has 2 heterocycles. The second kappa shape index (κ2) is 11.0. The Bertz CT molecular complexity index is 1520. The Labute approximate surface area is 222 Å². The van der Waals surface area contributed by atoms with Gasteiger partial charge in [0.05, 0.1) is 19.3 Å². The van der Waals surface area contributed by atoms with Crippen LogP contribution in [0.5, 0.6) is 0 Å². The Balaban J connectivity index is 1.80. The summed E-state index contributed by atoms with van der Waals surface area (Å²) in [5.74, 6) is -1.10. The molecule has 0 saturated heterocycles. The molecule has 1 unspecified atom stereocenters. The quantitative estimate of drug-likeness (QED) is 0.254. The summed E-state index contributed by atoms with van der Waals surface area (Å²) < 4.78 is 47.0. The molecular weight excluding hydrogens is 549 g/mol. The lowest BCUT2D eigenvalue weighted by Crippen LogP contribution is -2.37. The number of esters is 1. The molecule has 0 spiro atoms. The van der Waals surface area contributed by atoms with Gasteiger partial charge in [-0.3, -0.25) is 4.57 Å². The number of para-hydroxylation sites is 1. The minimum Gasteiger partial charge on any atom is -0.463 e. The van der Waals surface area contributed by atoms with Gasteiger partial charge in [-0.15, -0.1) is 22.0 Å². The second-order valence-electron chi connectivity index (χ2n) is 7.87. The number of halogens is 4. The van der Waals surface area contributed by atoms with Gasteiger partial charge in [0, 0.05) is 15.5 Å². The third kappa shape index (κ3) is 5.61. The van der Waals surface area contributed by atoms with Crippen molar-refractivity contribution >= 4 is 29.3 Å². The molecule has 4 aromatic rings. The first kappa shape index (κ1) is 27.4. The number of aromatic nitrogens is 6. The summed E-state index contributed by atoms with van der Waals surface area (Å²) in [7, 11) is 1.18. The Morgan fingerprint density at radius 3 is 2.47 bits per heavy atom. The first-order valence-corrected chi connectivity index (χ1v) is 12.5. The second-order valence-corrected chi connectivity index (χ2v) is 9.15. The Morgan fingerprint density at radius 1 is 1.16 bits per heavy atom. The van der Waals surface area contributed by atoms with Gasteiger partial charge in [0.25, 0.3) is 0 Å². The molecule has 0 amide bonds. The molecule has 0 fully saturated rings. The molecular formula is C23H20ClF3N6O4S. The van der Waals surface area contributed by atoms with Gasteiger partial charge in [-0.05, 0) is 42.7 Å². The zero-order valence-electron chi connectivity index (χ0n) is 19.9. The number of alkyl halides is 3. The van der Waals surface area contributed by atoms with Gasteiger partial charge < -0.3 is 9.84 Å². The lowest BCUT2D eigenvalue weighted by atomic mass is 10.2. The van der Waals surface area contributed by atoms with Crippen molar-refractivity contribution in [1.82, 2.24) is 29.1 Å². The molecule has 0 bridgehead atoms. The predicted octanol–water partition coefficient (Wildman–Crippen LogP) is 3.43. The molecule has 4 rings (SSSR count). The average molecular weight is 569 g/mol. The number of ether oxygens (including phenoxy) is 1. The number of hydrogen-bond acceptors (Lipinski definition) is 8. The minimum atomic E-state index is -4.96. The number of carbonyl (C=O) groups is 1. The van der Waals surface area contributed by atoms with E-state index in [0.717, 1.165) is 9.58 Å². The lowest BCUT2D eigenvalue weighted by Gasteiger charge is -2.15. The highest BCUT2D eigenvalue weighted by Gasteiger charge is 2.39. The van der Waals surface area contributed by atoms with Gasteiger partial charge in [-0.2, -0.15) is 13.2 Å². The molecule has 2 aromatic carbocycles. The molecule has 2 aromatic heterocycles. The number of nitrogens with zero attached hydrogens (tertiary/aromatic N) is 6. The summed E-state index contributed by atoms with van der Waals surface area (Å²) in [6, 6.07) is 13.0. The number of benzene rings is 2. The highest BCUT2D eigenvalue weighted by atomic mass is 35.5. The monoisotopic (exact) mass is 568 g/mol. The summed E-state index contributed by atoms with van der Waals surface area (Å²) >= 11 is 7.32. The summed E-state index contributed by atoms with van der Waals surface area (Å²) in [5.41, 5.74) is -0.117. The summed E-state index contributed by atoms with van der Waals surface area (Å²) in [4.78, 5) is 30.6. The number of aliphatic hydroxyl groups is 1. The number of hydrogen-bond donors (Lipinski definition) is 1. The summed E-state index contributed by atoms with van der Waals surface area (Å²) in [5, 5.41) is 18.6. The number of rotatable bonds is 8. The number of carbonyl (C=O) groups excluding carboxylic acids is 1. The minimum absolute atomic E-state index is 0.0212. The van der Waals surface area contributed by atoms with Crippen LogP contribution < -0.4 is 5.69 Å².